The fourth-order valence-electron chi connectivity index (χ4n) is 3.16. The number of hydrogen-bond acceptors (Lipinski definition) is 4. The fraction of sp³-hybridized carbons (Fsp3) is 0.556. The zero-order valence-corrected chi connectivity index (χ0v) is 16.1. The largest absolute Gasteiger partial charge is 1.00 e. The topological polar surface area (TPSA) is 78.5 Å². The quantitative estimate of drug-likeness (QED) is 0.665. The molecular weight excluding hydrogens is 317 g/mol. The number of rotatable bonds is 6. The summed E-state index contributed by atoms with van der Waals surface area (Å²) in [5.74, 6) is -2.47. The summed E-state index contributed by atoms with van der Waals surface area (Å²) in [6, 6.07) is 7.54. The summed E-state index contributed by atoms with van der Waals surface area (Å²) in [7, 11) is 0. The number of hydrogen-bond donors (Lipinski definition) is 1. The molecule has 0 radical (unpaired) electrons. The van der Waals surface area contributed by atoms with Crippen molar-refractivity contribution in [1.82, 2.24) is 0 Å². The summed E-state index contributed by atoms with van der Waals surface area (Å²) in [4.78, 5) is 22.7. The van der Waals surface area contributed by atoms with E-state index in [0.717, 1.165) is 18.4 Å². The molecule has 2 fully saturated rings. The summed E-state index contributed by atoms with van der Waals surface area (Å²) in [5, 5.41) is 13.5. The van der Waals surface area contributed by atoms with Gasteiger partial charge < -0.3 is 20.0 Å². The van der Waals surface area contributed by atoms with Crippen LogP contribution in [0.2, 0.25) is 0 Å². The van der Waals surface area contributed by atoms with Crippen molar-refractivity contribution in [3.05, 3.63) is 29.8 Å². The smallest absolute Gasteiger partial charge is 0.550 e. The Hall–Kier alpha value is -0.880. The zero-order valence-electron chi connectivity index (χ0n) is 14.1. The van der Waals surface area contributed by atoms with Gasteiger partial charge in [-0.1, -0.05) is 31.4 Å². The molecule has 6 heteroatoms. The average molecular weight is 339 g/mol. The Morgan fingerprint density at radius 2 is 1.92 bits per heavy atom. The zero-order chi connectivity index (χ0) is 16.2. The average Bonchev–Trinajstić information content (AvgIpc) is 3.35. The standard InChI is InChI=1S/C18H23NO4.Na/c20-17(15-10-16(15)18(21)22)19-13-6-4-5-12(9-13)11-23-14-7-2-1-3-8-14;/h4-6,9,14-16H,1-3,7-8,10-11H2,(H,19,20)(H,21,22);/q;+1/p-1/t15-,16+;/m0./s1. The Morgan fingerprint density at radius 3 is 2.58 bits per heavy atom. The number of aliphatic carboxylic acids is 1. The van der Waals surface area contributed by atoms with Crippen LogP contribution in [-0.4, -0.2) is 18.0 Å². The number of carboxylic acids is 1. The molecule has 0 heterocycles. The third kappa shape index (κ3) is 5.31. The van der Waals surface area contributed by atoms with Gasteiger partial charge in [0.05, 0.1) is 12.7 Å². The summed E-state index contributed by atoms with van der Waals surface area (Å²) in [6.07, 6.45) is 6.75. The predicted molar refractivity (Wildman–Crippen MR) is 83.3 cm³/mol. The first-order valence-electron chi connectivity index (χ1n) is 8.36. The van der Waals surface area contributed by atoms with Crippen LogP contribution in [0.1, 0.15) is 44.1 Å². The molecule has 1 amide bonds. The van der Waals surface area contributed by atoms with Crippen molar-refractivity contribution < 1.29 is 49.0 Å². The van der Waals surface area contributed by atoms with E-state index in [1.807, 2.05) is 18.2 Å². The van der Waals surface area contributed by atoms with Gasteiger partial charge >= 0.3 is 29.6 Å². The van der Waals surface area contributed by atoms with Gasteiger partial charge in [0.25, 0.3) is 0 Å². The first kappa shape index (κ1) is 19.4. The minimum Gasteiger partial charge on any atom is -0.550 e. The van der Waals surface area contributed by atoms with Gasteiger partial charge in [0.2, 0.25) is 5.91 Å². The molecular formula is C18H22NNaO4. The van der Waals surface area contributed by atoms with Gasteiger partial charge in [0.15, 0.2) is 0 Å². The maximum absolute atomic E-state index is 12.0. The number of carbonyl (C=O) groups is 2. The van der Waals surface area contributed by atoms with Crippen LogP contribution < -0.4 is 40.0 Å². The summed E-state index contributed by atoms with van der Waals surface area (Å²) in [6.45, 7) is 0.541. The number of carboxylic acid groups (broad SMARTS) is 1. The second-order valence-electron chi connectivity index (χ2n) is 6.53. The van der Waals surface area contributed by atoms with Gasteiger partial charge in [-0.3, -0.25) is 4.79 Å². The third-order valence-electron chi connectivity index (χ3n) is 4.66. The van der Waals surface area contributed by atoms with E-state index in [0.29, 0.717) is 24.8 Å². The van der Waals surface area contributed by atoms with Gasteiger partial charge in [-0.05, 0) is 37.0 Å². The molecule has 2 aliphatic carbocycles. The van der Waals surface area contributed by atoms with Crippen LogP contribution >= 0.6 is 0 Å². The van der Waals surface area contributed by atoms with Crippen molar-refractivity contribution in [3.63, 3.8) is 0 Å². The van der Waals surface area contributed by atoms with E-state index in [4.69, 9.17) is 4.74 Å². The Balaban J connectivity index is 0.00000208. The fourth-order valence-corrected chi connectivity index (χ4v) is 3.16. The van der Waals surface area contributed by atoms with Crippen molar-refractivity contribution in [3.8, 4) is 0 Å². The van der Waals surface area contributed by atoms with E-state index in [9.17, 15) is 14.7 Å². The van der Waals surface area contributed by atoms with Gasteiger partial charge in [0, 0.05) is 23.5 Å². The van der Waals surface area contributed by atoms with E-state index in [1.165, 1.54) is 19.3 Å². The second-order valence-corrected chi connectivity index (χ2v) is 6.53. The number of nitrogens with one attached hydrogen (secondary N) is 1. The monoisotopic (exact) mass is 339 g/mol. The van der Waals surface area contributed by atoms with Crippen molar-refractivity contribution in [2.75, 3.05) is 5.32 Å². The van der Waals surface area contributed by atoms with Crippen molar-refractivity contribution in [1.29, 1.82) is 0 Å². The molecule has 124 valence electrons. The van der Waals surface area contributed by atoms with E-state index in [2.05, 4.69) is 5.32 Å². The molecule has 1 aromatic rings. The summed E-state index contributed by atoms with van der Waals surface area (Å²) >= 11 is 0. The van der Waals surface area contributed by atoms with Gasteiger partial charge in [0.1, 0.15) is 0 Å². The predicted octanol–water partition coefficient (Wildman–Crippen LogP) is -1.14. The molecule has 0 bridgehead atoms. The molecule has 3 rings (SSSR count). The molecule has 0 aromatic heterocycles. The van der Waals surface area contributed by atoms with E-state index in [-0.39, 0.29) is 35.5 Å². The van der Waals surface area contributed by atoms with Gasteiger partial charge in [-0.2, -0.15) is 0 Å². The van der Waals surface area contributed by atoms with Crippen LogP contribution in [-0.2, 0) is 20.9 Å². The molecule has 0 aliphatic heterocycles. The molecule has 24 heavy (non-hydrogen) atoms. The molecule has 5 nitrogen and oxygen atoms in total. The minimum atomic E-state index is -1.14. The number of amides is 1. The number of carbonyl (C=O) groups excluding carboxylic acids is 2. The Bertz CT molecular complexity index is 586. The van der Waals surface area contributed by atoms with E-state index < -0.39 is 17.8 Å². The van der Waals surface area contributed by atoms with Crippen molar-refractivity contribution in [2.45, 2.75) is 51.2 Å². The van der Waals surface area contributed by atoms with E-state index in [1.54, 1.807) is 6.07 Å². The van der Waals surface area contributed by atoms with Crippen molar-refractivity contribution >= 4 is 17.6 Å². The first-order valence-corrected chi connectivity index (χ1v) is 8.36. The second kappa shape index (κ2) is 8.99. The Morgan fingerprint density at radius 1 is 1.17 bits per heavy atom. The molecule has 0 saturated heterocycles. The molecule has 1 N–H and O–H groups in total. The van der Waals surface area contributed by atoms with Crippen LogP contribution in [0, 0.1) is 11.8 Å². The Labute approximate surface area is 164 Å². The van der Waals surface area contributed by atoms with Crippen LogP contribution in [0.3, 0.4) is 0 Å². The molecule has 2 saturated carbocycles. The molecule has 1 aromatic carbocycles. The van der Waals surface area contributed by atoms with Gasteiger partial charge in [-0.25, -0.2) is 0 Å². The molecule has 0 spiro atoms. The van der Waals surface area contributed by atoms with Crippen LogP contribution in [0.25, 0.3) is 0 Å². The first-order chi connectivity index (χ1) is 11.1. The van der Waals surface area contributed by atoms with Crippen LogP contribution in [0.15, 0.2) is 24.3 Å². The summed E-state index contributed by atoms with van der Waals surface area (Å²) < 4.78 is 5.94. The van der Waals surface area contributed by atoms with Crippen LogP contribution in [0.5, 0.6) is 0 Å². The number of ether oxygens (including phenoxy) is 1. The van der Waals surface area contributed by atoms with E-state index >= 15 is 0 Å². The molecule has 2 atom stereocenters. The summed E-state index contributed by atoms with van der Waals surface area (Å²) in [5.41, 5.74) is 1.70. The molecule has 0 unspecified atom stereocenters. The minimum absolute atomic E-state index is 0. The third-order valence-corrected chi connectivity index (χ3v) is 4.66. The number of anilines is 1. The Kier molecular flexibility index (Phi) is 7.29. The number of benzene rings is 1. The van der Waals surface area contributed by atoms with Gasteiger partial charge in [-0.15, -0.1) is 0 Å². The molecule has 2 aliphatic rings. The maximum Gasteiger partial charge on any atom is 1.00 e. The SMILES string of the molecule is O=C(Nc1cccc(COC2CCCCC2)c1)[C@H]1C[C@H]1C(=O)[O-].[Na+]. The van der Waals surface area contributed by atoms with Crippen LogP contribution in [0.4, 0.5) is 5.69 Å². The maximum atomic E-state index is 12.0. The normalized spacial score (nSPS) is 23.2. The van der Waals surface area contributed by atoms with Crippen molar-refractivity contribution in [2.24, 2.45) is 11.8 Å².